The minimum atomic E-state index is -0.940. The van der Waals surface area contributed by atoms with Crippen LogP contribution in [-0.4, -0.2) is 46.8 Å². The number of ether oxygens (including phenoxy) is 1. The number of nitrogens with zero attached hydrogens (tertiary/aromatic N) is 1. The monoisotopic (exact) mass is 429 g/mol. The first-order valence-corrected chi connectivity index (χ1v) is 12.0. The smallest absolute Gasteiger partial charge is 0.326 e. The van der Waals surface area contributed by atoms with Crippen molar-refractivity contribution in [1.29, 1.82) is 0 Å². The Balaban J connectivity index is 1.10. The van der Waals surface area contributed by atoms with E-state index in [0.29, 0.717) is 6.42 Å². The first kappa shape index (κ1) is 22.1. The number of hydrogen-bond acceptors (Lipinski definition) is 5. The molecule has 7 nitrogen and oxygen atoms in total. The van der Waals surface area contributed by atoms with Crippen LogP contribution < -0.4 is 10.6 Å². The maximum absolute atomic E-state index is 12.5. The van der Waals surface area contributed by atoms with Crippen LogP contribution in [-0.2, 0) is 27.2 Å². The Hall–Kier alpha value is -2.15. The molecule has 2 saturated heterocycles. The summed E-state index contributed by atoms with van der Waals surface area (Å²) in [6.07, 6.45) is 11.7. The number of aliphatic carboxylic acids is 1. The van der Waals surface area contributed by atoms with Crippen LogP contribution in [0.25, 0.3) is 0 Å². The van der Waals surface area contributed by atoms with Gasteiger partial charge in [0.15, 0.2) is 0 Å². The van der Waals surface area contributed by atoms with Gasteiger partial charge in [-0.3, -0.25) is 4.79 Å². The number of hydrogen-bond donors (Lipinski definition) is 3. The molecule has 2 bridgehead atoms. The number of anilines is 1. The van der Waals surface area contributed by atoms with Gasteiger partial charge in [-0.2, -0.15) is 0 Å². The molecule has 4 heterocycles. The summed E-state index contributed by atoms with van der Waals surface area (Å²) >= 11 is 0. The molecule has 3 aliphatic heterocycles. The predicted molar refractivity (Wildman–Crippen MR) is 118 cm³/mol. The van der Waals surface area contributed by atoms with E-state index in [0.717, 1.165) is 82.3 Å². The second-order valence-corrected chi connectivity index (χ2v) is 9.26. The van der Waals surface area contributed by atoms with E-state index in [1.54, 1.807) is 0 Å². The third-order valence-corrected chi connectivity index (χ3v) is 6.93. The SMILES string of the molecule is O=C(O)C(CCCCCCCc1ccc2c(n1)NCCC2)NC(=O)[C@@H]1CC2CCC1O2. The van der Waals surface area contributed by atoms with Gasteiger partial charge >= 0.3 is 5.97 Å². The molecule has 4 rings (SSSR count). The fraction of sp³-hybridized carbons (Fsp3) is 0.708. The van der Waals surface area contributed by atoms with E-state index in [4.69, 9.17) is 9.72 Å². The average molecular weight is 430 g/mol. The number of unbranched alkanes of at least 4 members (excludes halogenated alkanes) is 4. The number of aromatic nitrogens is 1. The van der Waals surface area contributed by atoms with Crippen LogP contribution in [0.3, 0.4) is 0 Å². The Kier molecular flexibility index (Phi) is 7.43. The molecular formula is C24H35N3O4. The van der Waals surface area contributed by atoms with Gasteiger partial charge in [-0.25, -0.2) is 9.78 Å². The van der Waals surface area contributed by atoms with Crippen LogP contribution in [0, 0.1) is 5.92 Å². The molecule has 0 saturated carbocycles. The molecule has 1 aromatic rings. The number of aryl methyl sites for hydroxylation is 2. The van der Waals surface area contributed by atoms with Crippen molar-refractivity contribution in [2.75, 3.05) is 11.9 Å². The molecule has 3 N–H and O–H groups in total. The quantitative estimate of drug-likeness (QED) is 0.466. The number of carbonyl (C=O) groups is 2. The van der Waals surface area contributed by atoms with Crippen molar-refractivity contribution in [1.82, 2.24) is 10.3 Å². The molecule has 0 aliphatic carbocycles. The zero-order valence-electron chi connectivity index (χ0n) is 18.3. The summed E-state index contributed by atoms with van der Waals surface area (Å²) in [5.41, 5.74) is 2.47. The highest BCUT2D eigenvalue weighted by atomic mass is 16.5. The van der Waals surface area contributed by atoms with Gasteiger partial charge in [-0.15, -0.1) is 0 Å². The lowest BCUT2D eigenvalue weighted by molar-refractivity contribution is -0.143. The maximum Gasteiger partial charge on any atom is 0.326 e. The van der Waals surface area contributed by atoms with Crippen LogP contribution in [0.4, 0.5) is 5.82 Å². The fourth-order valence-electron chi connectivity index (χ4n) is 5.14. The van der Waals surface area contributed by atoms with Crippen molar-refractivity contribution < 1.29 is 19.4 Å². The molecule has 0 spiro atoms. The van der Waals surface area contributed by atoms with Gasteiger partial charge in [0.1, 0.15) is 11.9 Å². The van der Waals surface area contributed by atoms with Crippen LogP contribution in [0.2, 0.25) is 0 Å². The fourth-order valence-corrected chi connectivity index (χ4v) is 5.14. The Morgan fingerprint density at radius 1 is 1.19 bits per heavy atom. The lowest BCUT2D eigenvalue weighted by Crippen LogP contribution is -2.45. The summed E-state index contributed by atoms with van der Waals surface area (Å²) < 4.78 is 5.73. The minimum absolute atomic E-state index is 0.0140. The van der Waals surface area contributed by atoms with Gasteiger partial charge in [0.25, 0.3) is 0 Å². The molecule has 2 fully saturated rings. The maximum atomic E-state index is 12.5. The van der Waals surface area contributed by atoms with Gasteiger partial charge in [-0.1, -0.05) is 31.7 Å². The second kappa shape index (κ2) is 10.4. The van der Waals surface area contributed by atoms with E-state index in [1.165, 1.54) is 12.0 Å². The topological polar surface area (TPSA) is 101 Å². The summed E-state index contributed by atoms with van der Waals surface area (Å²) in [6, 6.07) is 3.55. The highest BCUT2D eigenvalue weighted by Crippen LogP contribution is 2.38. The van der Waals surface area contributed by atoms with Gasteiger partial charge in [-0.05, 0) is 63.0 Å². The molecule has 31 heavy (non-hydrogen) atoms. The van der Waals surface area contributed by atoms with E-state index in [-0.39, 0.29) is 24.0 Å². The lowest BCUT2D eigenvalue weighted by Gasteiger charge is -2.21. The third-order valence-electron chi connectivity index (χ3n) is 6.93. The van der Waals surface area contributed by atoms with Crippen molar-refractivity contribution in [3.05, 3.63) is 23.4 Å². The molecule has 4 atom stereocenters. The van der Waals surface area contributed by atoms with Crippen LogP contribution in [0.5, 0.6) is 0 Å². The summed E-state index contributed by atoms with van der Waals surface area (Å²) in [4.78, 5) is 28.8. The summed E-state index contributed by atoms with van der Waals surface area (Å²) in [5.74, 6) is -0.202. The minimum Gasteiger partial charge on any atom is -0.480 e. The number of nitrogens with one attached hydrogen (secondary N) is 2. The standard InChI is InChI=1S/C24H35N3O4/c28-23(19-15-18-12-13-21(19)31-18)27-20(24(29)30)9-5-3-1-2-4-8-17-11-10-16-7-6-14-25-22(16)26-17/h10-11,18-21H,1-9,12-15H2,(H,25,26)(H,27,28)(H,29,30)/t18?,19-,20?,21?/m1/s1. The number of fused-ring (bicyclic) bond motifs is 3. The Labute approximate surface area is 184 Å². The highest BCUT2D eigenvalue weighted by molar-refractivity contribution is 5.85. The Bertz CT molecular complexity index is 784. The van der Waals surface area contributed by atoms with Gasteiger partial charge in [0.2, 0.25) is 5.91 Å². The lowest BCUT2D eigenvalue weighted by atomic mass is 9.88. The molecular weight excluding hydrogens is 394 g/mol. The number of carbonyl (C=O) groups excluding carboxylic acids is 1. The van der Waals surface area contributed by atoms with E-state index in [9.17, 15) is 14.7 Å². The Morgan fingerprint density at radius 2 is 2.03 bits per heavy atom. The van der Waals surface area contributed by atoms with E-state index >= 15 is 0 Å². The van der Waals surface area contributed by atoms with Crippen LogP contribution >= 0.6 is 0 Å². The van der Waals surface area contributed by atoms with Crippen molar-refractivity contribution >= 4 is 17.7 Å². The largest absolute Gasteiger partial charge is 0.480 e. The number of rotatable bonds is 11. The molecule has 3 unspecified atom stereocenters. The van der Waals surface area contributed by atoms with Gasteiger partial charge < -0.3 is 20.5 Å². The number of amides is 1. The molecule has 3 aliphatic rings. The van der Waals surface area contributed by atoms with Gasteiger partial charge in [0, 0.05) is 12.2 Å². The molecule has 0 aromatic carbocycles. The molecule has 7 heteroatoms. The van der Waals surface area contributed by atoms with Crippen LogP contribution in [0.15, 0.2) is 12.1 Å². The molecule has 1 aromatic heterocycles. The van der Waals surface area contributed by atoms with Gasteiger partial charge in [0.05, 0.1) is 18.1 Å². The van der Waals surface area contributed by atoms with E-state index in [2.05, 4.69) is 22.8 Å². The number of carboxylic acid groups (broad SMARTS) is 1. The molecule has 1 amide bonds. The number of pyridine rings is 1. The van der Waals surface area contributed by atoms with Crippen molar-refractivity contribution in [3.8, 4) is 0 Å². The van der Waals surface area contributed by atoms with Crippen molar-refractivity contribution in [3.63, 3.8) is 0 Å². The van der Waals surface area contributed by atoms with Crippen molar-refractivity contribution in [2.24, 2.45) is 5.92 Å². The summed E-state index contributed by atoms with van der Waals surface area (Å²) in [7, 11) is 0. The zero-order chi connectivity index (χ0) is 21.6. The number of carboxylic acids is 1. The van der Waals surface area contributed by atoms with E-state index in [1.807, 2.05) is 0 Å². The first-order valence-electron chi connectivity index (χ1n) is 12.0. The zero-order valence-corrected chi connectivity index (χ0v) is 18.3. The normalized spacial score (nSPS) is 25.0. The van der Waals surface area contributed by atoms with Crippen LogP contribution in [0.1, 0.15) is 75.5 Å². The first-order chi connectivity index (χ1) is 15.1. The summed E-state index contributed by atoms with van der Waals surface area (Å²) in [6.45, 7) is 1.01. The Morgan fingerprint density at radius 3 is 2.81 bits per heavy atom. The molecule has 0 radical (unpaired) electrons. The average Bonchev–Trinajstić information content (AvgIpc) is 3.41. The third kappa shape index (κ3) is 5.76. The van der Waals surface area contributed by atoms with Crippen molar-refractivity contribution in [2.45, 2.75) is 95.3 Å². The van der Waals surface area contributed by atoms with E-state index < -0.39 is 12.0 Å². The molecule has 170 valence electrons. The highest BCUT2D eigenvalue weighted by Gasteiger charge is 2.45. The second-order valence-electron chi connectivity index (χ2n) is 9.26. The predicted octanol–water partition coefficient (Wildman–Crippen LogP) is 3.46. The summed E-state index contributed by atoms with van der Waals surface area (Å²) in [5, 5.41) is 15.6.